The smallest absolute Gasteiger partial charge is 0.338 e. The van der Waals surface area contributed by atoms with Gasteiger partial charge in [0.05, 0.1) is 24.3 Å². The van der Waals surface area contributed by atoms with Crippen LogP contribution in [-0.4, -0.2) is 178 Å². The van der Waals surface area contributed by atoms with Gasteiger partial charge < -0.3 is 104 Å². The van der Waals surface area contributed by atoms with Gasteiger partial charge in [-0.3, -0.25) is 0 Å². The molecule has 22 nitrogen and oxygen atoms in total. The molecule has 15 atom stereocenters. The van der Waals surface area contributed by atoms with E-state index in [-0.39, 0.29) is 39.7 Å². The van der Waals surface area contributed by atoms with E-state index in [0.717, 1.165) is 18.2 Å². The third-order valence-electron chi connectivity index (χ3n) is 10.4. The van der Waals surface area contributed by atoms with E-state index in [1.807, 2.05) is 0 Å². The predicted molar refractivity (Wildman–Crippen MR) is 196 cm³/mol. The highest BCUT2D eigenvalue weighted by Gasteiger charge is 2.52. The van der Waals surface area contributed by atoms with Crippen molar-refractivity contribution in [2.24, 2.45) is 0 Å². The number of hydrogen-bond acceptors (Lipinski definition) is 22. The Kier molecular flexibility index (Phi) is 13.1. The number of fused-ring (bicyclic) bond motifs is 1. The van der Waals surface area contributed by atoms with Crippen LogP contribution in [0.3, 0.4) is 0 Å². The summed E-state index contributed by atoms with van der Waals surface area (Å²) in [5.41, 5.74) is 0.162. The molecule has 0 spiro atoms. The first-order valence-corrected chi connectivity index (χ1v) is 18.7. The average Bonchev–Trinajstić information content (AvgIpc) is 3.23. The molecule has 0 amide bonds. The molecule has 4 aliphatic rings. The fourth-order valence-corrected chi connectivity index (χ4v) is 6.97. The highest BCUT2D eigenvalue weighted by Crippen LogP contribution is 2.46. The van der Waals surface area contributed by atoms with E-state index in [1.54, 1.807) is 0 Å². The predicted octanol–water partition coefficient (Wildman–Crippen LogP) is -2.34. The van der Waals surface area contributed by atoms with E-state index >= 15 is 0 Å². The molecule has 3 saturated heterocycles. The van der Waals surface area contributed by atoms with Crippen molar-refractivity contribution < 1.29 is 109 Å². The first kappa shape index (κ1) is 44.0. The standard InChI is InChI=1S/C39H44O22/c40-16-4-1-14(2-5-16)36(53)54-12-25-28(47)30(49)33(52)37(59-25)56-13-26-29(48)31(50)35(61-38-32(51)27(46)22(45)11-55-38)39(60-26)58-24-10-18-20(43)8-17(41)9-23(18)57-34(24)15-3-6-19(42)21(44)7-15/h1-10,22,25-35,37-52H,11-13H2. The van der Waals surface area contributed by atoms with Gasteiger partial charge >= 0.3 is 5.97 Å². The van der Waals surface area contributed by atoms with Crippen LogP contribution in [0, 0.1) is 0 Å². The molecule has 4 heterocycles. The zero-order valence-electron chi connectivity index (χ0n) is 31.5. The monoisotopic (exact) mass is 864 g/mol. The Balaban J connectivity index is 1.14. The van der Waals surface area contributed by atoms with Crippen molar-refractivity contribution in [1.82, 2.24) is 0 Å². The molecule has 0 radical (unpaired) electrons. The van der Waals surface area contributed by atoms with Gasteiger partial charge in [0, 0.05) is 17.7 Å². The molecular formula is C39H44O22. The van der Waals surface area contributed by atoms with Crippen molar-refractivity contribution in [1.29, 1.82) is 0 Å². The second-order valence-corrected chi connectivity index (χ2v) is 14.7. The lowest BCUT2D eigenvalue weighted by Gasteiger charge is -2.46. The molecule has 0 aliphatic carbocycles. The maximum atomic E-state index is 12.6. The van der Waals surface area contributed by atoms with E-state index in [1.165, 1.54) is 42.5 Å². The quantitative estimate of drug-likeness (QED) is 0.0709. The lowest BCUT2D eigenvalue weighted by atomic mass is 9.97. The molecular weight excluding hydrogens is 820 g/mol. The number of phenols is 5. The Hall–Kier alpha value is -5.05. The normalized spacial score (nSPS) is 35.0. The molecule has 61 heavy (non-hydrogen) atoms. The number of carbonyl (C=O) groups excluding carboxylic acids is 1. The van der Waals surface area contributed by atoms with Crippen molar-refractivity contribution >= 4 is 12.0 Å². The number of aromatic hydroxyl groups is 5. The summed E-state index contributed by atoms with van der Waals surface area (Å²) >= 11 is 0. The average molecular weight is 865 g/mol. The van der Waals surface area contributed by atoms with Crippen molar-refractivity contribution in [3.8, 4) is 34.5 Å². The van der Waals surface area contributed by atoms with Gasteiger partial charge in [-0.25, -0.2) is 4.79 Å². The number of esters is 1. The molecule has 22 heteroatoms. The lowest BCUT2D eigenvalue weighted by molar-refractivity contribution is -0.360. The summed E-state index contributed by atoms with van der Waals surface area (Å²) in [5, 5.41) is 136. The summed E-state index contributed by atoms with van der Waals surface area (Å²) in [5.74, 6) is -3.17. The molecule has 3 fully saturated rings. The summed E-state index contributed by atoms with van der Waals surface area (Å²) in [6.07, 6.45) is -25.1. The topological polar surface area (TPSA) is 354 Å². The number of carbonyl (C=O) groups is 1. The zero-order valence-corrected chi connectivity index (χ0v) is 31.5. The number of benzene rings is 3. The Labute approximate surface area is 344 Å². The molecule has 3 aromatic rings. The van der Waals surface area contributed by atoms with E-state index in [9.17, 15) is 71.2 Å². The van der Waals surface area contributed by atoms with E-state index in [0.29, 0.717) is 0 Å². The summed E-state index contributed by atoms with van der Waals surface area (Å²) in [4.78, 5) is 12.6. The summed E-state index contributed by atoms with van der Waals surface area (Å²) < 4.78 is 46.0. The molecule has 7 rings (SSSR count). The second-order valence-electron chi connectivity index (χ2n) is 14.7. The van der Waals surface area contributed by atoms with Gasteiger partial charge in [0.2, 0.25) is 6.29 Å². The Bertz CT molecular complexity index is 2050. The van der Waals surface area contributed by atoms with E-state index in [4.69, 9.17) is 37.9 Å². The molecule has 3 aromatic carbocycles. The SMILES string of the molecule is O=C(OCC1OC(OCC2OC(OC3=Cc4c(O)cc(O)cc4OC3c3ccc(O)c(O)c3)C(OC3OCC(O)C(O)C3O)C(O)C2O)C(O)C(O)C1O)c1ccc(O)cc1. The largest absolute Gasteiger partial charge is 0.508 e. The van der Waals surface area contributed by atoms with Gasteiger partial charge in [0.1, 0.15) is 96.4 Å². The number of hydrogen-bond donors (Lipinski definition) is 13. The van der Waals surface area contributed by atoms with Crippen molar-refractivity contribution in [3.63, 3.8) is 0 Å². The van der Waals surface area contributed by atoms with Gasteiger partial charge in [-0.2, -0.15) is 0 Å². The molecule has 0 bridgehead atoms. The van der Waals surface area contributed by atoms with E-state index < -0.39 is 135 Å². The molecule has 4 aliphatic heterocycles. The number of aliphatic hydroxyl groups excluding tert-OH is 8. The minimum atomic E-state index is -2.01. The van der Waals surface area contributed by atoms with Crippen LogP contribution < -0.4 is 4.74 Å². The van der Waals surface area contributed by atoms with Crippen LogP contribution in [0.5, 0.6) is 34.5 Å². The van der Waals surface area contributed by atoms with Crippen molar-refractivity contribution in [2.45, 2.75) is 92.1 Å². The van der Waals surface area contributed by atoms with Gasteiger partial charge in [-0.05, 0) is 42.5 Å². The van der Waals surface area contributed by atoms with Crippen LogP contribution in [0.1, 0.15) is 27.6 Å². The fraction of sp³-hybridized carbons (Fsp3) is 0.462. The molecule has 13 N–H and O–H groups in total. The fourth-order valence-electron chi connectivity index (χ4n) is 6.97. The lowest BCUT2D eigenvalue weighted by Crippen LogP contribution is -2.64. The Morgan fingerprint density at radius 2 is 1.31 bits per heavy atom. The molecule has 0 saturated carbocycles. The van der Waals surface area contributed by atoms with Gasteiger partial charge in [0.15, 0.2) is 36.3 Å². The minimum Gasteiger partial charge on any atom is -0.508 e. The maximum absolute atomic E-state index is 12.6. The van der Waals surface area contributed by atoms with Crippen molar-refractivity contribution in [2.75, 3.05) is 19.8 Å². The third kappa shape index (κ3) is 9.27. The van der Waals surface area contributed by atoms with Crippen LogP contribution in [0.15, 0.2) is 60.4 Å². The Morgan fingerprint density at radius 1 is 0.639 bits per heavy atom. The number of phenolic OH excluding ortho intramolecular Hbond substituents is 5. The first-order valence-electron chi connectivity index (χ1n) is 18.7. The van der Waals surface area contributed by atoms with Gasteiger partial charge in [-0.15, -0.1) is 0 Å². The minimum absolute atomic E-state index is 0.0172. The van der Waals surface area contributed by atoms with Crippen LogP contribution in [0.2, 0.25) is 0 Å². The van der Waals surface area contributed by atoms with Crippen molar-refractivity contribution in [3.05, 3.63) is 77.0 Å². The highest BCUT2D eigenvalue weighted by atomic mass is 16.8. The zero-order chi connectivity index (χ0) is 43.9. The first-order chi connectivity index (χ1) is 29.0. The highest BCUT2D eigenvalue weighted by molar-refractivity contribution is 5.89. The summed E-state index contributed by atoms with van der Waals surface area (Å²) in [7, 11) is 0. The molecule has 0 aromatic heterocycles. The van der Waals surface area contributed by atoms with Crippen LogP contribution in [0.4, 0.5) is 0 Å². The van der Waals surface area contributed by atoms with Crippen LogP contribution in [0.25, 0.3) is 6.08 Å². The second kappa shape index (κ2) is 18.1. The maximum Gasteiger partial charge on any atom is 0.338 e. The van der Waals surface area contributed by atoms with Crippen LogP contribution in [-0.2, 0) is 33.2 Å². The number of aliphatic hydroxyl groups is 8. The van der Waals surface area contributed by atoms with E-state index in [2.05, 4.69) is 0 Å². The Morgan fingerprint density at radius 3 is 2.03 bits per heavy atom. The number of rotatable bonds is 11. The van der Waals surface area contributed by atoms with Gasteiger partial charge in [-0.1, -0.05) is 6.07 Å². The molecule has 15 unspecified atom stereocenters. The summed E-state index contributed by atoms with van der Waals surface area (Å²) in [6, 6.07) is 10.8. The molecule has 332 valence electrons. The summed E-state index contributed by atoms with van der Waals surface area (Å²) in [6.45, 7) is -1.92. The number of ether oxygens (including phenoxy) is 8. The third-order valence-corrected chi connectivity index (χ3v) is 10.4. The van der Waals surface area contributed by atoms with Gasteiger partial charge in [0.25, 0.3) is 0 Å². The van der Waals surface area contributed by atoms with Crippen LogP contribution >= 0.6 is 0 Å².